The Morgan fingerprint density at radius 1 is 0.712 bits per heavy atom. The van der Waals surface area contributed by atoms with Crippen LogP contribution in [0.2, 0.25) is 0 Å². The molecule has 302 valence electrons. The summed E-state index contributed by atoms with van der Waals surface area (Å²) >= 11 is 0. The molecule has 8 nitrogen and oxygen atoms in total. The number of rotatable bonds is 22. The highest BCUT2D eigenvalue weighted by atomic mass is 16.6. The zero-order chi connectivity index (χ0) is 38.4. The van der Waals surface area contributed by atoms with Crippen LogP contribution in [0.3, 0.4) is 0 Å². The van der Waals surface area contributed by atoms with Crippen LogP contribution in [0.4, 0.5) is 0 Å². The van der Waals surface area contributed by atoms with Crippen LogP contribution in [0.25, 0.3) is 0 Å². The lowest BCUT2D eigenvalue weighted by Crippen LogP contribution is -2.58. The molecule has 0 spiro atoms. The average Bonchev–Trinajstić information content (AvgIpc) is 3.45. The number of carbonyl (C=O) groups is 3. The van der Waals surface area contributed by atoms with E-state index in [-0.39, 0.29) is 42.1 Å². The van der Waals surface area contributed by atoms with Crippen molar-refractivity contribution in [2.45, 2.75) is 238 Å². The largest absolute Gasteiger partial charge is 0.459 e. The normalized spacial score (nSPS) is 33.1. The number of hydrogen-bond donors (Lipinski definition) is 1. The van der Waals surface area contributed by atoms with E-state index in [4.69, 9.17) is 18.9 Å². The van der Waals surface area contributed by atoms with Gasteiger partial charge in [0, 0.05) is 38.0 Å². The van der Waals surface area contributed by atoms with Gasteiger partial charge in [-0.3, -0.25) is 14.4 Å². The van der Waals surface area contributed by atoms with Crippen LogP contribution in [-0.2, 0) is 33.3 Å². The van der Waals surface area contributed by atoms with E-state index >= 15 is 0 Å². The van der Waals surface area contributed by atoms with Crippen LogP contribution in [0.15, 0.2) is 0 Å². The number of hydrogen-bond acceptors (Lipinski definition) is 8. The number of fused-ring (bicyclic) bond motifs is 5. The summed E-state index contributed by atoms with van der Waals surface area (Å²) in [5.41, 5.74) is -3.20. The standard InChI is InChI=1S/C44H78O8/c1-9-11-12-13-14-15-16-17-18-19-20-21-22-23-24-26-37(46)50-36-28-30-44(8,52-38(47)25-10-2)41-39-34(32(3)4)27-29-43(7,51-33(5)45)40(39)35(49-41)31-42(36,6)48/h32,34-36,39-41,48H,9-31H2,1-8H3. The van der Waals surface area contributed by atoms with E-state index < -0.39 is 35.1 Å². The lowest BCUT2D eigenvalue weighted by Gasteiger charge is -2.51. The molecule has 0 aromatic heterocycles. The van der Waals surface area contributed by atoms with Gasteiger partial charge in [0.05, 0.1) is 6.10 Å². The molecule has 9 unspecified atom stereocenters. The average molecular weight is 735 g/mol. The second-order valence-corrected chi connectivity index (χ2v) is 17.9. The Morgan fingerprint density at radius 2 is 1.25 bits per heavy atom. The molecule has 0 aromatic rings. The van der Waals surface area contributed by atoms with Gasteiger partial charge in [0.1, 0.15) is 29.0 Å². The summed E-state index contributed by atoms with van der Waals surface area (Å²) in [6.45, 7) is 15.8. The van der Waals surface area contributed by atoms with E-state index in [0.717, 1.165) is 25.7 Å². The molecule has 1 N–H and O–H groups in total. The molecule has 1 saturated carbocycles. The zero-order valence-electron chi connectivity index (χ0n) is 34.6. The molecule has 0 aromatic carbocycles. The maximum Gasteiger partial charge on any atom is 0.306 e. The van der Waals surface area contributed by atoms with Gasteiger partial charge in [-0.15, -0.1) is 0 Å². The van der Waals surface area contributed by atoms with Crippen molar-refractivity contribution in [3.05, 3.63) is 0 Å². The summed E-state index contributed by atoms with van der Waals surface area (Å²) in [6, 6.07) is 0. The van der Waals surface area contributed by atoms with Crippen molar-refractivity contribution < 1.29 is 38.4 Å². The molecule has 3 rings (SSSR count). The van der Waals surface area contributed by atoms with Crippen molar-refractivity contribution in [3.63, 3.8) is 0 Å². The van der Waals surface area contributed by atoms with Gasteiger partial charge in [-0.05, 0) is 71.1 Å². The van der Waals surface area contributed by atoms with Crippen molar-refractivity contribution in [1.29, 1.82) is 0 Å². The first kappa shape index (κ1) is 44.7. The third-order valence-corrected chi connectivity index (χ3v) is 12.8. The number of ether oxygens (including phenoxy) is 4. The minimum absolute atomic E-state index is 0.0393. The quantitative estimate of drug-likeness (QED) is 0.0665. The van der Waals surface area contributed by atoms with E-state index in [1.165, 1.54) is 84.0 Å². The van der Waals surface area contributed by atoms with Crippen LogP contribution in [0, 0.1) is 23.7 Å². The van der Waals surface area contributed by atoms with Gasteiger partial charge in [-0.25, -0.2) is 0 Å². The van der Waals surface area contributed by atoms with E-state index in [1.54, 1.807) is 6.92 Å². The van der Waals surface area contributed by atoms with Crippen molar-refractivity contribution >= 4 is 17.9 Å². The third-order valence-electron chi connectivity index (χ3n) is 12.8. The topological polar surface area (TPSA) is 108 Å². The number of aliphatic hydroxyl groups is 1. The summed E-state index contributed by atoms with van der Waals surface area (Å²) < 4.78 is 25.5. The Balaban J connectivity index is 1.61. The minimum atomic E-state index is -1.39. The highest BCUT2D eigenvalue weighted by Gasteiger charge is 2.65. The molecule has 3 aliphatic rings. The van der Waals surface area contributed by atoms with Crippen molar-refractivity contribution in [2.75, 3.05) is 0 Å². The molecule has 0 amide bonds. The van der Waals surface area contributed by atoms with Gasteiger partial charge in [0.15, 0.2) is 0 Å². The summed E-state index contributed by atoms with van der Waals surface area (Å²) in [7, 11) is 0. The molecule has 2 aliphatic heterocycles. The molecular weight excluding hydrogens is 656 g/mol. The molecule has 0 radical (unpaired) electrons. The summed E-state index contributed by atoms with van der Waals surface area (Å²) in [6.07, 6.45) is 21.0. The van der Waals surface area contributed by atoms with E-state index in [9.17, 15) is 19.5 Å². The zero-order valence-corrected chi connectivity index (χ0v) is 34.6. The first-order valence-electron chi connectivity index (χ1n) is 21.7. The second kappa shape index (κ2) is 21.4. The molecule has 2 heterocycles. The number of unbranched alkanes of at least 4 members (excludes halogenated alkanes) is 14. The summed E-state index contributed by atoms with van der Waals surface area (Å²) in [5, 5.41) is 12.1. The van der Waals surface area contributed by atoms with Gasteiger partial charge in [-0.2, -0.15) is 0 Å². The first-order valence-corrected chi connectivity index (χ1v) is 21.7. The highest BCUT2D eigenvalue weighted by Crippen LogP contribution is 2.58. The first-order chi connectivity index (χ1) is 24.7. The molecule has 3 fully saturated rings. The van der Waals surface area contributed by atoms with Crippen LogP contribution in [0.1, 0.15) is 203 Å². The Bertz CT molecular complexity index is 1090. The van der Waals surface area contributed by atoms with E-state index in [2.05, 4.69) is 20.8 Å². The predicted molar refractivity (Wildman–Crippen MR) is 207 cm³/mol. The molecule has 8 heteroatoms. The van der Waals surface area contributed by atoms with Crippen LogP contribution < -0.4 is 0 Å². The number of carbonyl (C=O) groups excluding carboxylic acids is 3. The summed E-state index contributed by atoms with van der Waals surface area (Å²) in [4.78, 5) is 38.9. The molecule has 2 bridgehead atoms. The van der Waals surface area contributed by atoms with Gasteiger partial charge in [0.2, 0.25) is 0 Å². The van der Waals surface area contributed by atoms with Gasteiger partial charge in [0.25, 0.3) is 0 Å². The fourth-order valence-corrected chi connectivity index (χ4v) is 9.93. The Morgan fingerprint density at radius 3 is 1.77 bits per heavy atom. The lowest BCUT2D eigenvalue weighted by atomic mass is 9.57. The van der Waals surface area contributed by atoms with Gasteiger partial charge in [-0.1, -0.05) is 118 Å². The van der Waals surface area contributed by atoms with Crippen molar-refractivity contribution in [1.82, 2.24) is 0 Å². The SMILES string of the molecule is CCCCCCCCCCCCCCCCCC(=O)OC1CCC(C)(OC(=O)CCC)C2OC(CC1(C)O)C1C2C(C(C)C)CCC1(C)OC(C)=O. The fraction of sp³-hybridized carbons (Fsp3) is 0.932. The predicted octanol–water partition coefficient (Wildman–Crippen LogP) is 10.6. The van der Waals surface area contributed by atoms with Crippen LogP contribution in [-0.4, -0.2) is 58.1 Å². The monoisotopic (exact) mass is 735 g/mol. The molecule has 52 heavy (non-hydrogen) atoms. The minimum Gasteiger partial charge on any atom is -0.459 e. The third kappa shape index (κ3) is 13.0. The Kier molecular flexibility index (Phi) is 18.4. The number of esters is 3. The van der Waals surface area contributed by atoms with Crippen LogP contribution in [0.5, 0.6) is 0 Å². The van der Waals surface area contributed by atoms with E-state index in [0.29, 0.717) is 44.4 Å². The maximum absolute atomic E-state index is 13.3. The second-order valence-electron chi connectivity index (χ2n) is 17.9. The molecule has 1 aliphatic carbocycles. The fourth-order valence-electron chi connectivity index (χ4n) is 9.93. The van der Waals surface area contributed by atoms with Gasteiger partial charge < -0.3 is 24.1 Å². The highest BCUT2D eigenvalue weighted by molar-refractivity contribution is 5.70. The summed E-state index contributed by atoms with van der Waals surface area (Å²) in [5.74, 6) is -0.563. The smallest absolute Gasteiger partial charge is 0.306 e. The van der Waals surface area contributed by atoms with Crippen molar-refractivity contribution in [3.8, 4) is 0 Å². The molecular formula is C44H78O8. The van der Waals surface area contributed by atoms with Crippen molar-refractivity contribution in [2.24, 2.45) is 23.7 Å². The Labute approximate surface area is 317 Å². The van der Waals surface area contributed by atoms with E-state index in [1.807, 2.05) is 20.8 Å². The molecule has 2 saturated heterocycles. The van der Waals surface area contributed by atoms with Gasteiger partial charge >= 0.3 is 17.9 Å². The molecule has 9 atom stereocenters. The maximum atomic E-state index is 13.3. The Hall–Kier alpha value is -1.67. The lowest BCUT2D eigenvalue weighted by molar-refractivity contribution is -0.186. The van der Waals surface area contributed by atoms with Crippen LogP contribution >= 0.6 is 0 Å².